The smallest absolute Gasteiger partial charge is 0.257 e. The van der Waals surface area contributed by atoms with Crippen LogP contribution in [0, 0.1) is 0 Å². The molecule has 2 N–H and O–H groups in total. The van der Waals surface area contributed by atoms with Crippen LogP contribution in [0.4, 0.5) is 5.69 Å². The summed E-state index contributed by atoms with van der Waals surface area (Å²) >= 11 is 0. The quantitative estimate of drug-likeness (QED) is 0.671. The van der Waals surface area contributed by atoms with Crippen molar-refractivity contribution in [2.24, 2.45) is 0 Å². The number of H-pyrrole nitrogens is 1. The molecule has 1 fully saturated rings. The van der Waals surface area contributed by atoms with Gasteiger partial charge in [-0.2, -0.15) is 0 Å². The maximum absolute atomic E-state index is 12.4. The topological polar surface area (TPSA) is 81.3 Å². The molecule has 32 heavy (non-hydrogen) atoms. The lowest BCUT2D eigenvalue weighted by Crippen LogP contribution is -2.49. The first-order valence-electron chi connectivity index (χ1n) is 11.2. The Balaban J connectivity index is 1.15. The monoisotopic (exact) mass is 427 g/mol. The van der Waals surface area contributed by atoms with E-state index in [1.165, 1.54) is 11.3 Å². The maximum Gasteiger partial charge on any atom is 0.257 e. The fourth-order valence-electron chi connectivity index (χ4n) is 5.20. The van der Waals surface area contributed by atoms with Crippen LogP contribution in [-0.4, -0.2) is 53.0 Å². The van der Waals surface area contributed by atoms with Crippen molar-refractivity contribution in [3.05, 3.63) is 75.8 Å². The summed E-state index contributed by atoms with van der Waals surface area (Å²) in [5, 5.41) is 3.53. The van der Waals surface area contributed by atoms with Crippen molar-refractivity contribution in [3.63, 3.8) is 0 Å². The van der Waals surface area contributed by atoms with Crippen molar-refractivity contribution in [1.29, 1.82) is 0 Å². The zero-order valence-electron chi connectivity index (χ0n) is 17.8. The molecular weight excluding hydrogens is 402 g/mol. The number of rotatable bonds is 3. The van der Waals surface area contributed by atoms with Gasteiger partial charge in [-0.1, -0.05) is 6.08 Å². The minimum absolute atomic E-state index is 0.0312. The number of nitrogens with one attached hydrogen (secondary N) is 2. The zero-order chi connectivity index (χ0) is 21.7. The third-order valence-electron chi connectivity index (χ3n) is 6.98. The number of benzene rings is 1. The van der Waals surface area contributed by atoms with Crippen molar-refractivity contribution in [2.45, 2.75) is 25.4 Å². The van der Waals surface area contributed by atoms with E-state index in [-0.39, 0.29) is 11.5 Å². The van der Waals surface area contributed by atoms with Gasteiger partial charge in [0.2, 0.25) is 0 Å². The van der Waals surface area contributed by atoms with Crippen LogP contribution in [-0.2, 0) is 6.54 Å². The van der Waals surface area contributed by atoms with E-state index in [1.54, 1.807) is 12.3 Å². The molecule has 0 saturated carbocycles. The summed E-state index contributed by atoms with van der Waals surface area (Å²) in [6.07, 6.45) is 6.09. The molecule has 0 radical (unpaired) electrons. The first-order valence-corrected chi connectivity index (χ1v) is 11.2. The minimum atomic E-state index is -0.0742. The highest BCUT2D eigenvalue weighted by Crippen LogP contribution is 2.31. The summed E-state index contributed by atoms with van der Waals surface area (Å²) in [6.45, 7) is 4.56. The molecule has 0 spiro atoms. The molecule has 2 aliphatic heterocycles. The Hall–Kier alpha value is -3.45. The Morgan fingerprint density at radius 2 is 1.91 bits per heavy atom. The summed E-state index contributed by atoms with van der Waals surface area (Å²) < 4.78 is 0. The van der Waals surface area contributed by atoms with Crippen LogP contribution in [0.2, 0.25) is 0 Å². The third-order valence-corrected chi connectivity index (χ3v) is 6.98. The van der Waals surface area contributed by atoms with E-state index in [0.717, 1.165) is 61.4 Å². The summed E-state index contributed by atoms with van der Waals surface area (Å²) in [4.78, 5) is 36.6. The first-order chi connectivity index (χ1) is 15.7. The number of hydrogen-bond donors (Lipinski definition) is 2. The lowest BCUT2D eigenvalue weighted by molar-refractivity contribution is 0.0966. The Bertz CT molecular complexity index is 1300. The van der Waals surface area contributed by atoms with Crippen molar-refractivity contribution in [1.82, 2.24) is 20.2 Å². The van der Waals surface area contributed by atoms with E-state index >= 15 is 0 Å². The van der Waals surface area contributed by atoms with Crippen LogP contribution in [0.1, 0.15) is 34.5 Å². The van der Waals surface area contributed by atoms with Crippen molar-refractivity contribution >= 4 is 28.1 Å². The van der Waals surface area contributed by atoms with E-state index in [9.17, 15) is 9.59 Å². The largest absolute Gasteiger partial charge is 0.369 e. The number of anilines is 1. The molecule has 1 saturated heterocycles. The van der Waals surface area contributed by atoms with Gasteiger partial charge in [-0.15, -0.1) is 0 Å². The van der Waals surface area contributed by atoms with Crippen molar-refractivity contribution < 1.29 is 4.79 Å². The number of amides is 1. The van der Waals surface area contributed by atoms with Gasteiger partial charge in [0, 0.05) is 61.9 Å². The number of carbonyl (C=O) groups is 1. The van der Waals surface area contributed by atoms with Crippen LogP contribution < -0.4 is 15.8 Å². The second kappa shape index (κ2) is 7.60. The van der Waals surface area contributed by atoms with Gasteiger partial charge >= 0.3 is 0 Å². The molecule has 6 rings (SSSR count). The van der Waals surface area contributed by atoms with Gasteiger partial charge in [-0.3, -0.25) is 19.5 Å². The molecule has 0 bridgehead atoms. The highest BCUT2D eigenvalue weighted by Gasteiger charge is 2.28. The first kappa shape index (κ1) is 19.3. The number of hydrogen-bond acceptors (Lipinski definition) is 5. The van der Waals surface area contributed by atoms with Gasteiger partial charge in [0.05, 0.1) is 10.9 Å². The standard InChI is InChI=1S/C25H25N5O2/c31-24-20-6-5-19(13-17(20)15-27-24)30-10-8-29(9-11-30)18-4-3-16(12-18)22-14-23-21(25(32)28-22)2-1-7-26-23/h1-2,5-7,12-14,18H,3-4,8-11,15H2,(H,27,31)(H,28,32). The SMILES string of the molecule is O=C1NCc2cc(N3CCN(C4C=C(c5cc6ncccc6c(=O)[nH]5)CC4)CC3)ccc21. The van der Waals surface area contributed by atoms with E-state index in [2.05, 4.69) is 43.3 Å². The van der Waals surface area contributed by atoms with Gasteiger partial charge in [-0.25, -0.2) is 0 Å². The van der Waals surface area contributed by atoms with E-state index in [4.69, 9.17) is 0 Å². The van der Waals surface area contributed by atoms with Gasteiger partial charge in [-0.05, 0) is 60.4 Å². The Morgan fingerprint density at radius 3 is 2.78 bits per heavy atom. The Morgan fingerprint density at radius 1 is 1.03 bits per heavy atom. The fourth-order valence-corrected chi connectivity index (χ4v) is 5.20. The van der Waals surface area contributed by atoms with Crippen LogP contribution in [0.15, 0.2) is 53.5 Å². The normalized spacial score (nSPS) is 21.0. The third kappa shape index (κ3) is 3.29. The van der Waals surface area contributed by atoms with Crippen LogP contribution in [0.25, 0.3) is 16.5 Å². The van der Waals surface area contributed by atoms with Crippen molar-refractivity contribution in [3.8, 4) is 0 Å². The molecule has 7 heteroatoms. The number of aromatic nitrogens is 2. The number of nitrogens with zero attached hydrogens (tertiary/aromatic N) is 3. The zero-order valence-corrected chi connectivity index (χ0v) is 17.8. The van der Waals surface area contributed by atoms with Crippen LogP contribution >= 0.6 is 0 Å². The highest BCUT2D eigenvalue weighted by atomic mass is 16.2. The summed E-state index contributed by atoms with van der Waals surface area (Å²) in [6, 6.07) is 12.2. The number of aromatic amines is 1. The minimum Gasteiger partial charge on any atom is -0.369 e. The van der Waals surface area contributed by atoms with Crippen molar-refractivity contribution in [2.75, 3.05) is 31.1 Å². The second-order valence-corrected chi connectivity index (χ2v) is 8.79. The average molecular weight is 428 g/mol. The predicted molar refractivity (Wildman–Crippen MR) is 125 cm³/mol. The highest BCUT2D eigenvalue weighted by molar-refractivity contribution is 5.98. The second-order valence-electron chi connectivity index (χ2n) is 8.79. The molecule has 1 aromatic carbocycles. The Kier molecular flexibility index (Phi) is 4.57. The molecule has 2 aromatic heterocycles. The average Bonchev–Trinajstić information content (AvgIpc) is 3.46. The molecule has 1 atom stereocenters. The van der Waals surface area contributed by atoms with E-state index < -0.39 is 0 Å². The molecule has 4 heterocycles. The van der Waals surface area contributed by atoms with Gasteiger partial charge in [0.15, 0.2) is 0 Å². The molecule has 1 unspecified atom stereocenters. The molecular formula is C25H25N5O2. The lowest BCUT2D eigenvalue weighted by Gasteiger charge is -2.38. The lowest BCUT2D eigenvalue weighted by atomic mass is 10.1. The molecule has 1 aliphatic carbocycles. The number of pyridine rings is 2. The number of allylic oxidation sites excluding steroid dienone is 1. The summed E-state index contributed by atoms with van der Waals surface area (Å²) in [5.74, 6) is 0.0312. The van der Waals surface area contributed by atoms with Crippen LogP contribution in [0.3, 0.4) is 0 Å². The molecule has 162 valence electrons. The van der Waals surface area contributed by atoms with E-state index in [0.29, 0.717) is 18.0 Å². The van der Waals surface area contributed by atoms with Crippen LogP contribution in [0.5, 0.6) is 0 Å². The molecule has 7 nitrogen and oxygen atoms in total. The fraction of sp³-hybridized carbons (Fsp3) is 0.320. The number of piperazine rings is 1. The van der Waals surface area contributed by atoms with E-state index in [1.807, 2.05) is 18.2 Å². The number of carbonyl (C=O) groups excluding carboxylic acids is 1. The van der Waals surface area contributed by atoms with Gasteiger partial charge in [0.1, 0.15) is 0 Å². The molecule has 3 aromatic rings. The molecule has 1 amide bonds. The molecule has 3 aliphatic rings. The summed E-state index contributed by atoms with van der Waals surface area (Å²) in [7, 11) is 0. The predicted octanol–water partition coefficient (Wildman–Crippen LogP) is 2.53. The summed E-state index contributed by atoms with van der Waals surface area (Å²) in [5.41, 5.74) is 5.87. The maximum atomic E-state index is 12.4. The Labute approximate surface area is 185 Å². The van der Waals surface area contributed by atoms with Gasteiger partial charge in [0.25, 0.3) is 11.5 Å². The number of fused-ring (bicyclic) bond motifs is 2. The van der Waals surface area contributed by atoms with Gasteiger partial charge < -0.3 is 15.2 Å².